The summed E-state index contributed by atoms with van der Waals surface area (Å²) in [6.07, 6.45) is 0. The third-order valence-corrected chi connectivity index (χ3v) is 3.40. The Morgan fingerprint density at radius 2 is 2.18 bits per heavy atom. The van der Waals surface area contributed by atoms with E-state index in [-0.39, 0.29) is 5.82 Å². The summed E-state index contributed by atoms with van der Waals surface area (Å²) in [5.74, 6) is 1.14. The Hall–Kier alpha value is -1.20. The number of aryl methyl sites for hydroxylation is 1. The SMILES string of the molecule is Cc1cc(=S)nc(CSc2ccccc2F)[nH]1. The first-order valence-corrected chi connectivity index (χ1v) is 6.49. The van der Waals surface area contributed by atoms with Gasteiger partial charge < -0.3 is 4.98 Å². The normalized spacial score (nSPS) is 10.5. The number of hydrogen-bond acceptors (Lipinski definition) is 3. The van der Waals surface area contributed by atoms with Gasteiger partial charge in [-0.05, 0) is 25.1 Å². The van der Waals surface area contributed by atoms with Crippen LogP contribution in [0.3, 0.4) is 0 Å². The Morgan fingerprint density at radius 3 is 2.88 bits per heavy atom. The molecule has 0 spiro atoms. The largest absolute Gasteiger partial charge is 0.347 e. The summed E-state index contributed by atoms with van der Waals surface area (Å²) in [4.78, 5) is 7.93. The smallest absolute Gasteiger partial charge is 0.136 e. The molecule has 1 heterocycles. The minimum atomic E-state index is -0.205. The summed E-state index contributed by atoms with van der Waals surface area (Å²) < 4.78 is 13.9. The summed E-state index contributed by atoms with van der Waals surface area (Å²) >= 11 is 6.43. The molecular formula is C12H11FN2S2. The molecule has 0 amide bonds. The second-order valence-electron chi connectivity index (χ2n) is 3.57. The molecular weight excluding hydrogens is 255 g/mol. The first-order valence-electron chi connectivity index (χ1n) is 5.09. The van der Waals surface area contributed by atoms with E-state index in [0.29, 0.717) is 15.3 Å². The van der Waals surface area contributed by atoms with Gasteiger partial charge in [0.1, 0.15) is 16.3 Å². The number of rotatable bonds is 3. The molecule has 17 heavy (non-hydrogen) atoms. The molecule has 2 nitrogen and oxygen atoms in total. The second kappa shape index (κ2) is 5.42. The first-order chi connectivity index (χ1) is 8.15. The third kappa shape index (κ3) is 3.38. The number of halogens is 1. The number of thioether (sulfide) groups is 1. The Kier molecular flexibility index (Phi) is 3.91. The number of aromatic nitrogens is 2. The van der Waals surface area contributed by atoms with Crippen LogP contribution in [0.2, 0.25) is 0 Å². The first kappa shape index (κ1) is 12.3. The summed E-state index contributed by atoms with van der Waals surface area (Å²) in [5, 5.41) is 0. The van der Waals surface area contributed by atoms with Crippen LogP contribution >= 0.6 is 24.0 Å². The molecule has 0 aliphatic heterocycles. The molecule has 0 saturated carbocycles. The van der Waals surface area contributed by atoms with Crippen molar-refractivity contribution in [1.82, 2.24) is 9.97 Å². The lowest BCUT2D eigenvalue weighted by atomic mass is 10.3. The van der Waals surface area contributed by atoms with Crippen LogP contribution < -0.4 is 0 Å². The standard InChI is InChI=1S/C12H11FN2S2/c1-8-6-12(16)15-11(14-8)7-17-10-5-3-2-4-9(10)13/h2-6H,7H2,1H3,(H,14,15,16). The van der Waals surface area contributed by atoms with Gasteiger partial charge >= 0.3 is 0 Å². The van der Waals surface area contributed by atoms with E-state index >= 15 is 0 Å². The number of nitrogens with zero attached hydrogens (tertiary/aromatic N) is 1. The maximum Gasteiger partial charge on any atom is 0.136 e. The van der Waals surface area contributed by atoms with Gasteiger partial charge in [0.15, 0.2) is 0 Å². The van der Waals surface area contributed by atoms with Gasteiger partial charge in [0.05, 0.1) is 5.75 Å². The lowest BCUT2D eigenvalue weighted by molar-refractivity contribution is 0.602. The zero-order chi connectivity index (χ0) is 12.3. The molecule has 2 aromatic rings. The van der Waals surface area contributed by atoms with Gasteiger partial charge in [-0.25, -0.2) is 9.37 Å². The fourth-order valence-electron chi connectivity index (χ4n) is 1.42. The van der Waals surface area contributed by atoms with Crippen LogP contribution in [0.15, 0.2) is 35.2 Å². The fourth-order valence-corrected chi connectivity index (χ4v) is 2.52. The maximum absolute atomic E-state index is 13.4. The van der Waals surface area contributed by atoms with Gasteiger partial charge in [0, 0.05) is 10.6 Å². The molecule has 88 valence electrons. The number of hydrogen-bond donors (Lipinski definition) is 1. The molecule has 1 N–H and O–H groups in total. The monoisotopic (exact) mass is 266 g/mol. The molecule has 0 atom stereocenters. The number of nitrogens with one attached hydrogen (secondary N) is 1. The van der Waals surface area contributed by atoms with E-state index in [1.54, 1.807) is 18.2 Å². The van der Waals surface area contributed by atoms with Crippen LogP contribution in [0.1, 0.15) is 11.5 Å². The number of H-pyrrole nitrogens is 1. The minimum Gasteiger partial charge on any atom is -0.347 e. The topological polar surface area (TPSA) is 28.7 Å². The summed E-state index contributed by atoms with van der Waals surface area (Å²) in [7, 11) is 0. The van der Waals surface area contributed by atoms with Gasteiger partial charge in [-0.2, -0.15) is 0 Å². The van der Waals surface area contributed by atoms with E-state index in [1.807, 2.05) is 13.0 Å². The highest BCUT2D eigenvalue weighted by atomic mass is 32.2. The van der Waals surface area contributed by atoms with Crippen LogP contribution in [0.4, 0.5) is 4.39 Å². The van der Waals surface area contributed by atoms with Gasteiger partial charge in [-0.1, -0.05) is 24.4 Å². The Balaban J connectivity index is 2.13. The predicted octanol–water partition coefficient (Wildman–Crippen LogP) is 3.88. The summed E-state index contributed by atoms with van der Waals surface area (Å²) in [6.45, 7) is 1.93. The molecule has 1 aromatic carbocycles. The molecule has 1 aromatic heterocycles. The quantitative estimate of drug-likeness (QED) is 0.675. The molecule has 0 unspecified atom stereocenters. The van der Waals surface area contributed by atoms with Crippen LogP contribution in [-0.2, 0) is 5.75 Å². The molecule has 0 aliphatic rings. The van der Waals surface area contributed by atoms with Crippen molar-refractivity contribution < 1.29 is 4.39 Å². The Labute approximate surface area is 108 Å². The third-order valence-electron chi connectivity index (χ3n) is 2.13. The molecule has 0 fully saturated rings. The predicted molar refractivity (Wildman–Crippen MR) is 70.1 cm³/mol. The van der Waals surface area contributed by atoms with E-state index in [0.717, 1.165) is 11.5 Å². The highest BCUT2D eigenvalue weighted by molar-refractivity contribution is 7.98. The molecule has 0 radical (unpaired) electrons. The van der Waals surface area contributed by atoms with Crippen molar-refractivity contribution in [2.45, 2.75) is 17.6 Å². The highest BCUT2D eigenvalue weighted by Gasteiger charge is 2.03. The maximum atomic E-state index is 13.4. The van der Waals surface area contributed by atoms with Crippen LogP contribution in [0.5, 0.6) is 0 Å². The van der Waals surface area contributed by atoms with Crippen molar-refractivity contribution in [1.29, 1.82) is 0 Å². The Bertz CT molecular complexity index is 581. The van der Waals surface area contributed by atoms with Crippen LogP contribution in [0.25, 0.3) is 0 Å². The molecule has 0 aliphatic carbocycles. The zero-order valence-corrected chi connectivity index (χ0v) is 10.9. The van der Waals surface area contributed by atoms with E-state index in [1.165, 1.54) is 17.8 Å². The summed E-state index contributed by atoms with van der Waals surface area (Å²) in [6, 6.07) is 8.50. The van der Waals surface area contributed by atoms with Gasteiger partial charge in [0.2, 0.25) is 0 Å². The summed E-state index contributed by atoms with van der Waals surface area (Å²) in [5.41, 5.74) is 0.967. The fraction of sp³-hybridized carbons (Fsp3) is 0.167. The second-order valence-corrected chi connectivity index (χ2v) is 5.00. The Morgan fingerprint density at radius 1 is 1.41 bits per heavy atom. The number of aromatic amines is 1. The van der Waals surface area contributed by atoms with E-state index in [4.69, 9.17) is 12.2 Å². The van der Waals surface area contributed by atoms with Crippen molar-refractivity contribution in [3.8, 4) is 0 Å². The molecule has 2 rings (SSSR count). The highest BCUT2D eigenvalue weighted by Crippen LogP contribution is 2.23. The molecule has 0 bridgehead atoms. The average molecular weight is 266 g/mol. The molecule has 5 heteroatoms. The number of benzene rings is 1. The van der Waals surface area contributed by atoms with Gasteiger partial charge in [0.25, 0.3) is 0 Å². The van der Waals surface area contributed by atoms with E-state index in [9.17, 15) is 4.39 Å². The van der Waals surface area contributed by atoms with Crippen molar-refractivity contribution in [2.24, 2.45) is 0 Å². The van der Waals surface area contributed by atoms with E-state index < -0.39 is 0 Å². The van der Waals surface area contributed by atoms with Crippen LogP contribution in [0, 0.1) is 17.4 Å². The van der Waals surface area contributed by atoms with Crippen molar-refractivity contribution in [3.63, 3.8) is 0 Å². The average Bonchev–Trinajstić information content (AvgIpc) is 2.27. The van der Waals surface area contributed by atoms with Crippen LogP contribution in [-0.4, -0.2) is 9.97 Å². The van der Waals surface area contributed by atoms with Crippen molar-refractivity contribution in [3.05, 3.63) is 52.3 Å². The lowest BCUT2D eigenvalue weighted by Gasteiger charge is -2.03. The minimum absolute atomic E-state index is 0.205. The molecule has 0 saturated heterocycles. The van der Waals surface area contributed by atoms with E-state index in [2.05, 4.69) is 9.97 Å². The zero-order valence-electron chi connectivity index (χ0n) is 9.24. The lowest BCUT2D eigenvalue weighted by Crippen LogP contribution is -1.95. The van der Waals surface area contributed by atoms with Crippen molar-refractivity contribution in [2.75, 3.05) is 0 Å². The van der Waals surface area contributed by atoms with Crippen molar-refractivity contribution >= 4 is 24.0 Å². The van der Waals surface area contributed by atoms with Gasteiger partial charge in [-0.15, -0.1) is 11.8 Å². The van der Waals surface area contributed by atoms with Gasteiger partial charge in [-0.3, -0.25) is 0 Å².